The van der Waals surface area contributed by atoms with E-state index in [1.54, 1.807) is 0 Å². The Balaban J connectivity index is 1.53. The minimum absolute atomic E-state index is 0.118. The highest BCUT2D eigenvalue weighted by Gasteiger charge is 2.26. The molecule has 0 bridgehead atoms. The SMILES string of the molecule is Cc1ncc(CNC(=O)c2cc3ccccc3[nH]2)c(C2CCCN2C)n1. The summed E-state index contributed by atoms with van der Waals surface area (Å²) in [5.41, 5.74) is 3.55. The molecule has 1 aromatic carbocycles. The maximum Gasteiger partial charge on any atom is 0.267 e. The third-order valence-corrected chi connectivity index (χ3v) is 5.07. The topological polar surface area (TPSA) is 73.9 Å². The molecule has 2 aromatic heterocycles. The van der Waals surface area contributed by atoms with Gasteiger partial charge in [0.2, 0.25) is 0 Å². The van der Waals surface area contributed by atoms with Crippen LogP contribution in [-0.2, 0) is 6.54 Å². The highest BCUT2D eigenvalue weighted by molar-refractivity contribution is 5.97. The molecule has 0 spiro atoms. The van der Waals surface area contributed by atoms with Crippen molar-refractivity contribution in [3.05, 3.63) is 59.3 Å². The average molecular weight is 349 g/mol. The van der Waals surface area contributed by atoms with Gasteiger partial charge in [0.05, 0.1) is 11.7 Å². The molecule has 2 N–H and O–H groups in total. The first-order valence-electron chi connectivity index (χ1n) is 9.00. The minimum Gasteiger partial charge on any atom is -0.351 e. The van der Waals surface area contributed by atoms with Crippen LogP contribution in [0.25, 0.3) is 10.9 Å². The standard InChI is InChI=1S/C20H23N5O/c1-13-21-11-15(19(23-13)18-8-5-9-25(18)2)12-22-20(26)17-10-14-6-3-4-7-16(14)24-17/h3-4,6-7,10-11,18,24H,5,8-9,12H2,1-2H3,(H,22,26). The van der Waals surface area contributed by atoms with E-state index < -0.39 is 0 Å². The molecule has 0 saturated carbocycles. The van der Waals surface area contributed by atoms with Crippen molar-refractivity contribution >= 4 is 16.8 Å². The molecule has 1 fully saturated rings. The van der Waals surface area contributed by atoms with E-state index in [1.807, 2.05) is 43.5 Å². The number of fused-ring (bicyclic) bond motifs is 1. The quantitative estimate of drug-likeness (QED) is 0.759. The molecule has 1 unspecified atom stereocenters. The molecule has 0 radical (unpaired) electrons. The van der Waals surface area contributed by atoms with Gasteiger partial charge in [-0.1, -0.05) is 18.2 Å². The van der Waals surface area contributed by atoms with Crippen molar-refractivity contribution in [3.8, 4) is 0 Å². The molecular weight excluding hydrogens is 326 g/mol. The van der Waals surface area contributed by atoms with Gasteiger partial charge in [-0.3, -0.25) is 9.69 Å². The van der Waals surface area contributed by atoms with Gasteiger partial charge in [0.25, 0.3) is 5.91 Å². The summed E-state index contributed by atoms with van der Waals surface area (Å²) in [7, 11) is 2.13. The van der Waals surface area contributed by atoms with E-state index in [-0.39, 0.29) is 5.91 Å². The lowest BCUT2D eigenvalue weighted by atomic mass is 10.1. The third-order valence-electron chi connectivity index (χ3n) is 5.07. The van der Waals surface area contributed by atoms with Crippen LogP contribution in [-0.4, -0.2) is 39.4 Å². The van der Waals surface area contributed by atoms with Crippen LogP contribution in [0.4, 0.5) is 0 Å². The first-order chi connectivity index (χ1) is 12.6. The number of nitrogens with one attached hydrogen (secondary N) is 2. The fraction of sp³-hybridized carbons (Fsp3) is 0.350. The first-order valence-corrected chi connectivity index (χ1v) is 9.00. The molecule has 26 heavy (non-hydrogen) atoms. The van der Waals surface area contributed by atoms with Crippen LogP contribution in [0, 0.1) is 6.92 Å². The maximum atomic E-state index is 12.6. The Morgan fingerprint density at radius 3 is 3.00 bits per heavy atom. The second-order valence-electron chi connectivity index (χ2n) is 6.92. The second-order valence-corrected chi connectivity index (χ2v) is 6.92. The number of aryl methyl sites for hydroxylation is 1. The van der Waals surface area contributed by atoms with E-state index in [9.17, 15) is 4.79 Å². The van der Waals surface area contributed by atoms with E-state index in [1.165, 1.54) is 6.42 Å². The monoisotopic (exact) mass is 349 g/mol. The van der Waals surface area contributed by atoms with Gasteiger partial charge >= 0.3 is 0 Å². The van der Waals surface area contributed by atoms with E-state index >= 15 is 0 Å². The highest BCUT2D eigenvalue weighted by Crippen LogP contribution is 2.31. The number of para-hydroxylation sites is 1. The Hall–Kier alpha value is -2.73. The van der Waals surface area contributed by atoms with Gasteiger partial charge in [-0.05, 0) is 45.5 Å². The molecule has 3 aromatic rings. The largest absolute Gasteiger partial charge is 0.351 e. The summed E-state index contributed by atoms with van der Waals surface area (Å²) in [5, 5.41) is 4.04. The first kappa shape index (κ1) is 16.7. The summed E-state index contributed by atoms with van der Waals surface area (Å²) < 4.78 is 0. The molecule has 6 heteroatoms. The Kier molecular flexibility index (Phi) is 4.42. The van der Waals surface area contributed by atoms with E-state index in [2.05, 4.69) is 32.2 Å². The molecule has 0 aliphatic carbocycles. The molecule has 1 aliphatic rings. The Bertz CT molecular complexity index is 915. The predicted molar refractivity (Wildman–Crippen MR) is 101 cm³/mol. The number of H-pyrrole nitrogens is 1. The summed E-state index contributed by atoms with van der Waals surface area (Å²) in [6.07, 6.45) is 4.11. The summed E-state index contributed by atoms with van der Waals surface area (Å²) in [5.74, 6) is 0.651. The predicted octanol–water partition coefficient (Wildman–Crippen LogP) is 2.96. The third kappa shape index (κ3) is 3.20. The fourth-order valence-electron chi connectivity index (χ4n) is 3.66. The Morgan fingerprint density at radius 1 is 1.38 bits per heavy atom. The number of carbonyl (C=O) groups excluding carboxylic acids is 1. The second kappa shape index (κ2) is 6.88. The number of rotatable bonds is 4. The van der Waals surface area contributed by atoms with Gasteiger partial charge in [-0.25, -0.2) is 9.97 Å². The summed E-state index contributed by atoms with van der Waals surface area (Å²) in [6, 6.07) is 10.1. The lowest BCUT2D eigenvalue weighted by Crippen LogP contribution is -2.26. The van der Waals surface area contributed by atoms with Crippen molar-refractivity contribution in [2.45, 2.75) is 32.4 Å². The van der Waals surface area contributed by atoms with Crippen molar-refractivity contribution in [3.63, 3.8) is 0 Å². The number of aromatic amines is 1. The summed E-state index contributed by atoms with van der Waals surface area (Å²) >= 11 is 0. The number of benzene rings is 1. The van der Waals surface area contributed by atoms with Crippen molar-refractivity contribution in [2.75, 3.05) is 13.6 Å². The molecule has 3 heterocycles. The molecule has 1 amide bonds. The highest BCUT2D eigenvalue weighted by atomic mass is 16.1. The molecular formula is C20H23N5O. The molecule has 4 rings (SSSR count). The zero-order valence-electron chi connectivity index (χ0n) is 15.1. The zero-order chi connectivity index (χ0) is 18.1. The average Bonchev–Trinajstić information content (AvgIpc) is 3.26. The number of nitrogens with zero attached hydrogens (tertiary/aromatic N) is 3. The molecule has 134 valence electrons. The number of carbonyl (C=O) groups is 1. The van der Waals surface area contributed by atoms with Crippen molar-refractivity contribution in [1.29, 1.82) is 0 Å². The van der Waals surface area contributed by atoms with Gasteiger partial charge in [-0.2, -0.15) is 0 Å². The Morgan fingerprint density at radius 2 is 2.23 bits per heavy atom. The number of likely N-dealkylation sites (tertiary alicyclic amines) is 1. The van der Waals surface area contributed by atoms with Crippen LogP contribution in [0.5, 0.6) is 0 Å². The lowest BCUT2D eigenvalue weighted by molar-refractivity contribution is 0.0946. The van der Waals surface area contributed by atoms with Gasteiger partial charge in [0.1, 0.15) is 11.5 Å². The minimum atomic E-state index is -0.118. The lowest BCUT2D eigenvalue weighted by Gasteiger charge is -2.21. The van der Waals surface area contributed by atoms with Crippen LogP contribution in [0.15, 0.2) is 36.5 Å². The molecule has 1 atom stereocenters. The number of amides is 1. The van der Waals surface area contributed by atoms with E-state index in [0.29, 0.717) is 18.3 Å². The van der Waals surface area contributed by atoms with Crippen molar-refractivity contribution in [2.24, 2.45) is 0 Å². The molecule has 1 saturated heterocycles. The number of aromatic nitrogens is 3. The normalized spacial score (nSPS) is 17.7. The molecule has 1 aliphatic heterocycles. The van der Waals surface area contributed by atoms with Crippen molar-refractivity contribution in [1.82, 2.24) is 25.2 Å². The van der Waals surface area contributed by atoms with E-state index in [4.69, 9.17) is 0 Å². The van der Waals surface area contributed by atoms with Gasteiger partial charge < -0.3 is 10.3 Å². The maximum absolute atomic E-state index is 12.6. The van der Waals surface area contributed by atoms with Crippen LogP contribution in [0.2, 0.25) is 0 Å². The van der Waals surface area contributed by atoms with Gasteiger partial charge in [0, 0.05) is 29.2 Å². The number of hydrogen-bond acceptors (Lipinski definition) is 4. The summed E-state index contributed by atoms with van der Waals surface area (Å²) in [4.78, 5) is 27.1. The number of hydrogen-bond donors (Lipinski definition) is 2. The fourth-order valence-corrected chi connectivity index (χ4v) is 3.66. The Labute approximate surface area is 152 Å². The molecule has 6 nitrogen and oxygen atoms in total. The van der Waals surface area contributed by atoms with Gasteiger partial charge in [0.15, 0.2) is 0 Å². The van der Waals surface area contributed by atoms with Crippen LogP contribution in [0.1, 0.15) is 46.5 Å². The van der Waals surface area contributed by atoms with Crippen LogP contribution in [0.3, 0.4) is 0 Å². The zero-order valence-corrected chi connectivity index (χ0v) is 15.1. The van der Waals surface area contributed by atoms with E-state index in [0.717, 1.165) is 41.0 Å². The summed E-state index contributed by atoms with van der Waals surface area (Å²) in [6.45, 7) is 3.41. The van der Waals surface area contributed by atoms with Gasteiger partial charge in [-0.15, -0.1) is 0 Å². The van der Waals surface area contributed by atoms with Crippen LogP contribution < -0.4 is 5.32 Å². The van der Waals surface area contributed by atoms with Crippen LogP contribution >= 0.6 is 0 Å². The smallest absolute Gasteiger partial charge is 0.267 e. The van der Waals surface area contributed by atoms with Crippen molar-refractivity contribution < 1.29 is 4.79 Å².